The number of rotatable bonds is 4. The maximum Gasteiger partial charge on any atom is 0.469 e. The van der Waals surface area contributed by atoms with Crippen LogP contribution in [0, 0.1) is 5.92 Å². The Balaban J connectivity index is 1.57. The fourth-order valence-electron chi connectivity index (χ4n) is 6.04. The number of nitrogens with two attached hydrogens (primary N) is 1. The minimum atomic E-state index is -4.79. The third kappa shape index (κ3) is 4.21. The second-order valence-corrected chi connectivity index (χ2v) is 11.2. The number of phosphoric acid groups is 1. The molecule has 5 rings (SSSR count). The molecule has 1 saturated carbocycles. The van der Waals surface area contributed by atoms with Crippen LogP contribution in [-0.2, 0) is 13.8 Å². The molecule has 8 atom stereocenters. The van der Waals surface area contributed by atoms with Crippen LogP contribution in [0.5, 0.6) is 0 Å². The van der Waals surface area contributed by atoms with Crippen LogP contribution >= 0.6 is 7.82 Å². The van der Waals surface area contributed by atoms with Crippen molar-refractivity contribution in [3.8, 4) is 0 Å². The van der Waals surface area contributed by atoms with Crippen molar-refractivity contribution in [2.45, 2.75) is 73.8 Å². The lowest BCUT2D eigenvalue weighted by Crippen LogP contribution is -2.70. The van der Waals surface area contributed by atoms with Crippen LogP contribution in [-0.4, -0.2) is 98.1 Å². The van der Waals surface area contributed by atoms with Gasteiger partial charge in [0.25, 0.3) is 0 Å². The molecule has 1 aliphatic carbocycles. The molecule has 0 spiro atoms. The molecule has 0 aromatic heterocycles. The van der Waals surface area contributed by atoms with E-state index in [1.54, 1.807) is 4.90 Å². The van der Waals surface area contributed by atoms with Gasteiger partial charge in [0.2, 0.25) is 0 Å². The minimum Gasteiger partial charge on any atom is -0.387 e. The summed E-state index contributed by atoms with van der Waals surface area (Å²) in [6.45, 7) is 3.94. The Labute approximate surface area is 203 Å². The fourth-order valence-corrected chi connectivity index (χ4v) is 6.38. The van der Waals surface area contributed by atoms with Crippen molar-refractivity contribution >= 4 is 26.2 Å². The Morgan fingerprint density at radius 2 is 2.11 bits per heavy atom. The van der Waals surface area contributed by atoms with E-state index in [9.17, 15) is 14.8 Å². The molecule has 3 bridgehead atoms. The monoisotopic (exact) mass is 509 g/mol. The van der Waals surface area contributed by atoms with E-state index in [-0.39, 0.29) is 18.5 Å². The summed E-state index contributed by atoms with van der Waals surface area (Å²) in [5, 5.41) is 21.6. The first kappa shape index (κ1) is 24.8. The quantitative estimate of drug-likeness (QED) is 0.255. The van der Waals surface area contributed by atoms with Crippen LogP contribution in [0.4, 0.5) is 0 Å². The minimum absolute atomic E-state index is 0.0832. The molecule has 6 N–H and O–H groups in total. The predicted molar refractivity (Wildman–Crippen MR) is 128 cm³/mol. The summed E-state index contributed by atoms with van der Waals surface area (Å²) >= 11 is 0. The second kappa shape index (κ2) is 8.88. The standard InChI is InChI=1S/C22H32N5O7P/c1-13-14-5-8-21-6-3-2-4-7-22(13,19(14)25-11-21)27(12-24-9-16(23)26-21)20-18(29)17(28)15(34-20)10-33-35(30,31)32/h4,7,11-12,14-15,17-20,28-29H,1-3,5-6,8-10H2,(H2,23,26)(H2,30,31,32)/b7-4-,24-12?. The lowest BCUT2D eigenvalue weighted by atomic mass is 9.57. The number of nitrogens with zero attached hydrogens (tertiary/aromatic N) is 4. The zero-order valence-electron chi connectivity index (χ0n) is 19.3. The van der Waals surface area contributed by atoms with Gasteiger partial charge in [-0.25, -0.2) is 4.57 Å². The summed E-state index contributed by atoms with van der Waals surface area (Å²) in [5.74, 6) is 0.461. The number of aliphatic hydroxyl groups is 2. The summed E-state index contributed by atoms with van der Waals surface area (Å²) in [7, 11) is -4.79. The summed E-state index contributed by atoms with van der Waals surface area (Å²) in [4.78, 5) is 34.2. The van der Waals surface area contributed by atoms with Crippen molar-refractivity contribution in [3.63, 3.8) is 0 Å². The Bertz CT molecular complexity index is 1040. The Morgan fingerprint density at radius 3 is 2.89 bits per heavy atom. The highest BCUT2D eigenvalue weighted by atomic mass is 31.2. The third-order valence-electron chi connectivity index (χ3n) is 7.78. The average Bonchev–Trinajstić information content (AvgIpc) is 2.95. The first-order chi connectivity index (χ1) is 16.6. The molecule has 0 aromatic rings. The molecule has 4 aliphatic heterocycles. The fraction of sp³-hybridized carbons (Fsp3) is 0.682. The maximum atomic E-state index is 11.2. The SMILES string of the molecule is C=C1C2CCC34C=NC2C1(/C=C\CCC3)N(C1OC(COP(=O)(O)O)C(O)C1O)C=NCC(N)=N4. The Morgan fingerprint density at radius 1 is 1.31 bits per heavy atom. The highest BCUT2D eigenvalue weighted by Crippen LogP contribution is 2.55. The smallest absolute Gasteiger partial charge is 0.387 e. The van der Waals surface area contributed by atoms with Gasteiger partial charge in [-0.2, -0.15) is 0 Å². The molecule has 0 radical (unpaired) electrons. The molecule has 1 saturated heterocycles. The number of hydrogen-bond acceptors (Lipinski definition) is 10. The van der Waals surface area contributed by atoms with Gasteiger partial charge in [0.05, 0.1) is 31.1 Å². The van der Waals surface area contributed by atoms with E-state index < -0.39 is 50.0 Å². The van der Waals surface area contributed by atoms with Crippen molar-refractivity contribution < 1.29 is 33.8 Å². The van der Waals surface area contributed by atoms with E-state index in [0.717, 1.165) is 37.7 Å². The molecule has 4 heterocycles. The van der Waals surface area contributed by atoms with E-state index in [2.05, 4.69) is 22.2 Å². The topological polar surface area (TPSA) is 183 Å². The molecule has 8 unspecified atom stereocenters. The summed E-state index contributed by atoms with van der Waals surface area (Å²) < 4.78 is 21.7. The lowest BCUT2D eigenvalue weighted by molar-refractivity contribution is -0.104. The van der Waals surface area contributed by atoms with E-state index in [1.807, 2.05) is 12.3 Å². The number of amidine groups is 1. The van der Waals surface area contributed by atoms with Crippen LogP contribution in [0.2, 0.25) is 0 Å². The molecular formula is C22H32N5O7P. The number of aliphatic hydroxyl groups excluding tert-OH is 2. The molecule has 5 aliphatic rings. The molecule has 13 heteroatoms. The molecular weight excluding hydrogens is 477 g/mol. The summed E-state index contributed by atoms with van der Waals surface area (Å²) in [6.07, 6.45) is 6.55. The van der Waals surface area contributed by atoms with Crippen molar-refractivity contribution in [1.29, 1.82) is 0 Å². The normalized spacial score (nSPS) is 44.1. The third-order valence-corrected chi connectivity index (χ3v) is 8.27. The number of hydrogen-bond donors (Lipinski definition) is 5. The first-order valence-corrected chi connectivity index (χ1v) is 13.3. The zero-order valence-corrected chi connectivity index (χ0v) is 20.2. The molecule has 0 aromatic carbocycles. The van der Waals surface area contributed by atoms with Gasteiger partial charge in [-0.15, -0.1) is 0 Å². The van der Waals surface area contributed by atoms with E-state index in [0.29, 0.717) is 5.84 Å². The van der Waals surface area contributed by atoms with Gasteiger partial charge < -0.3 is 35.4 Å². The Hall–Kier alpha value is -1.92. The number of ether oxygens (including phenoxy) is 1. The predicted octanol–water partition coefficient (Wildman–Crippen LogP) is -0.120. The van der Waals surface area contributed by atoms with Gasteiger partial charge in [0, 0.05) is 12.1 Å². The van der Waals surface area contributed by atoms with Crippen LogP contribution in [0.3, 0.4) is 0 Å². The van der Waals surface area contributed by atoms with Crippen LogP contribution in [0.15, 0.2) is 39.3 Å². The van der Waals surface area contributed by atoms with Gasteiger partial charge >= 0.3 is 7.82 Å². The van der Waals surface area contributed by atoms with Crippen LogP contribution < -0.4 is 5.73 Å². The van der Waals surface area contributed by atoms with Gasteiger partial charge in [0.1, 0.15) is 29.7 Å². The van der Waals surface area contributed by atoms with Crippen LogP contribution in [0.1, 0.15) is 32.1 Å². The Kier molecular flexibility index (Phi) is 6.28. The molecule has 12 nitrogen and oxygen atoms in total. The van der Waals surface area contributed by atoms with Crippen molar-refractivity contribution in [1.82, 2.24) is 4.90 Å². The number of aliphatic imine (C=N–C) groups is 3. The average molecular weight is 510 g/mol. The van der Waals surface area contributed by atoms with Crippen molar-refractivity contribution in [2.24, 2.45) is 26.6 Å². The second-order valence-electron chi connectivity index (χ2n) is 9.92. The van der Waals surface area contributed by atoms with Crippen molar-refractivity contribution in [3.05, 3.63) is 24.3 Å². The number of phosphoric ester groups is 1. The van der Waals surface area contributed by atoms with Gasteiger partial charge in [0.15, 0.2) is 6.23 Å². The maximum absolute atomic E-state index is 11.2. The number of allylic oxidation sites excluding steroid dienone is 1. The van der Waals surface area contributed by atoms with Gasteiger partial charge in [-0.05, 0) is 37.7 Å². The van der Waals surface area contributed by atoms with E-state index in [4.69, 9.17) is 30.2 Å². The molecule has 35 heavy (non-hydrogen) atoms. The summed E-state index contributed by atoms with van der Waals surface area (Å²) in [6, 6.07) is -0.245. The first-order valence-electron chi connectivity index (χ1n) is 11.8. The van der Waals surface area contributed by atoms with Gasteiger partial charge in [-0.3, -0.25) is 19.5 Å². The largest absolute Gasteiger partial charge is 0.469 e. The summed E-state index contributed by atoms with van der Waals surface area (Å²) in [5.41, 5.74) is 5.79. The zero-order chi connectivity index (χ0) is 25.0. The lowest BCUT2D eigenvalue weighted by Gasteiger charge is -2.59. The molecule has 192 valence electrons. The highest BCUT2D eigenvalue weighted by Gasteiger charge is 2.63. The van der Waals surface area contributed by atoms with Gasteiger partial charge in [-0.1, -0.05) is 18.7 Å². The highest BCUT2D eigenvalue weighted by molar-refractivity contribution is 7.46. The van der Waals surface area contributed by atoms with E-state index >= 15 is 0 Å². The molecule has 0 amide bonds. The van der Waals surface area contributed by atoms with Crippen molar-refractivity contribution in [2.75, 3.05) is 13.2 Å². The van der Waals surface area contributed by atoms with Crippen LogP contribution in [0.25, 0.3) is 0 Å². The molecule has 2 fully saturated rings. The van der Waals surface area contributed by atoms with E-state index in [1.165, 1.54) is 6.34 Å².